The van der Waals surface area contributed by atoms with Crippen molar-refractivity contribution in [2.24, 2.45) is 5.73 Å². The third-order valence-corrected chi connectivity index (χ3v) is 6.47. The summed E-state index contributed by atoms with van der Waals surface area (Å²) in [5, 5.41) is 0.646. The molecule has 0 spiro atoms. The molecule has 0 saturated heterocycles. The van der Waals surface area contributed by atoms with Crippen LogP contribution >= 0.6 is 23.4 Å². The van der Waals surface area contributed by atoms with Crippen LogP contribution in [0.5, 0.6) is 0 Å². The molecule has 0 amide bonds. The molecular formula is C15H16ClNO2S2. The van der Waals surface area contributed by atoms with Gasteiger partial charge in [0, 0.05) is 17.2 Å². The van der Waals surface area contributed by atoms with Gasteiger partial charge in [0.2, 0.25) is 0 Å². The van der Waals surface area contributed by atoms with Gasteiger partial charge in [-0.05, 0) is 29.8 Å². The van der Waals surface area contributed by atoms with Gasteiger partial charge >= 0.3 is 0 Å². The number of rotatable bonds is 6. The van der Waals surface area contributed by atoms with E-state index in [0.717, 1.165) is 10.5 Å². The van der Waals surface area contributed by atoms with Gasteiger partial charge in [-0.15, -0.1) is 11.8 Å². The molecule has 0 heterocycles. The van der Waals surface area contributed by atoms with E-state index in [4.69, 9.17) is 17.3 Å². The second-order valence-corrected chi connectivity index (χ2v) is 8.10. The topological polar surface area (TPSA) is 60.2 Å². The highest BCUT2D eigenvalue weighted by atomic mass is 35.5. The third-order valence-electron chi connectivity index (χ3n) is 2.96. The highest BCUT2D eigenvalue weighted by molar-refractivity contribution is 8.00. The molecule has 3 nitrogen and oxygen atoms in total. The van der Waals surface area contributed by atoms with E-state index in [-0.39, 0.29) is 5.75 Å². The number of hydrogen-bond donors (Lipinski definition) is 1. The highest BCUT2D eigenvalue weighted by Gasteiger charge is 2.14. The van der Waals surface area contributed by atoms with Gasteiger partial charge in [0.15, 0.2) is 9.84 Å². The van der Waals surface area contributed by atoms with Gasteiger partial charge in [0.1, 0.15) is 0 Å². The Hall–Kier alpha value is -1.01. The van der Waals surface area contributed by atoms with Gasteiger partial charge in [-0.1, -0.05) is 35.9 Å². The quantitative estimate of drug-likeness (QED) is 0.818. The van der Waals surface area contributed by atoms with Crippen molar-refractivity contribution < 1.29 is 8.42 Å². The van der Waals surface area contributed by atoms with Crippen LogP contribution in [0.15, 0.2) is 58.3 Å². The van der Waals surface area contributed by atoms with E-state index >= 15 is 0 Å². The number of thioether (sulfide) groups is 1. The molecule has 2 N–H and O–H groups in total. The van der Waals surface area contributed by atoms with Crippen LogP contribution in [0.3, 0.4) is 0 Å². The van der Waals surface area contributed by atoms with Crippen LogP contribution in [-0.2, 0) is 16.4 Å². The Morgan fingerprint density at radius 2 is 1.71 bits per heavy atom. The molecule has 2 rings (SSSR count). The second kappa shape index (κ2) is 7.31. The van der Waals surface area contributed by atoms with Gasteiger partial charge in [0.05, 0.1) is 15.7 Å². The molecule has 6 heteroatoms. The van der Waals surface area contributed by atoms with Crippen molar-refractivity contribution in [3.63, 3.8) is 0 Å². The van der Waals surface area contributed by atoms with Crippen LogP contribution in [0.2, 0.25) is 5.02 Å². The molecule has 0 aliphatic heterocycles. The summed E-state index contributed by atoms with van der Waals surface area (Å²) >= 11 is 7.49. The number of sulfone groups is 1. The maximum atomic E-state index is 12.2. The summed E-state index contributed by atoms with van der Waals surface area (Å²) in [5.41, 5.74) is 6.42. The Labute approximate surface area is 134 Å². The maximum absolute atomic E-state index is 12.2. The minimum atomic E-state index is -3.27. The number of nitrogens with two attached hydrogens (primary N) is 1. The van der Waals surface area contributed by atoms with E-state index in [1.165, 1.54) is 11.8 Å². The molecule has 112 valence electrons. The summed E-state index contributed by atoms with van der Waals surface area (Å²) in [4.78, 5) is 1.23. The monoisotopic (exact) mass is 341 g/mol. The molecular weight excluding hydrogens is 326 g/mol. The van der Waals surface area contributed by atoms with Crippen molar-refractivity contribution >= 4 is 33.2 Å². The predicted octanol–water partition coefficient (Wildman–Crippen LogP) is 3.36. The summed E-state index contributed by atoms with van der Waals surface area (Å²) in [6.45, 7) is 0.405. The minimum Gasteiger partial charge on any atom is -0.326 e. The van der Waals surface area contributed by atoms with E-state index in [0.29, 0.717) is 22.2 Å². The molecule has 0 fully saturated rings. The molecule has 0 bridgehead atoms. The Kier molecular flexibility index (Phi) is 5.70. The zero-order valence-electron chi connectivity index (χ0n) is 11.3. The van der Waals surface area contributed by atoms with Gasteiger partial charge < -0.3 is 5.73 Å². The normalized spacial score (nSPS) is 11.5. The van der Waals surface area contributed by atoms with Crippen LogP contribution in [0.25, 0.3) is 0 Å². The van der Waals surface area contributed by atoms with Gasteiger partial charge in [-0.2, -0.15) is 0 Å². The molecule has 0 aliphatic rings. The van der Waals surface area contributed by atoms with Crippen molar-refractivity contribution in [3.05, 3.63) is 59.1 Å². The van der Waals surface area contributed by atoms with E-state index in [1.807, 2.05) is 18.2 Å². The average Bonchev–Trinajstić information content (AvgIpc) is 2.49. The van der Waals surface area contributed by atoms with Crippen LogP contribution in [0.4, 0.5) is 0 Å². The fourth-order valence-electron chi connectivity index (χ4n) is 1.77. The number of halogens is 1. The van der Waals surface area contributed by atoms with E-state index in [1.54, 1.807) is 30.3 Å². The molecule has 0 radical (unpaired) electrons. The van der Waals surface area contributed by atoms with Crippen molar-refractivity contribution in [1.82, 2.24) is 0 Å². The lowest BCUT2D eigenvalue weighted by Crippen LogP contribution is -2.09. The smallest absolute Gasteiger partial charge is 0.179 e. The highest BCUT2D eigenvalue weighted by Crippen LogP contribution is 2.27. The first-order valence-electron chi connectivity index (χ1n) is 6.42. The molecule has 0 saturated carbocycles. The fraction of sp³-hybridized carbons (Fsp3) is 0.200. The lowest BCUT2D eigenvalue weighted by atomic mass is 10.2. The largest absolute Gasteiger partial charge is 0.326 e. The Morgan fingerprint density at radius 3 is 2.33 bits per heavy atom. The first-order valence-corrected chi connectivity index (χ1v) is 9.43. The molecule has 0 aromatic heterocycles. The molecule has 2 aromatic rings. The van der Waals surface area contributed by atoms with Crippen LogP contribution in [0, 0.1) is 0 Å². The third kappa shape index (κ3) is 4.48. The zero-order chi connectivity index (χ0) is 15.3. The van der Waals surface area contributed by atoms with Crippen LogP contribution in [-0.4, -0.2) is 19.9 Å². The molecule has 0 unspecified atom stereocenters. The van der Waals surface area contributed by atoms with Crippen LogP contribution in [0.1, 0.15) is 5.56 Å². The van der Waals surface area contributed by atoms with Gasteiger partial charge in [-0.25, -0.2) is 8.42 Å². The average molecular weight is 342 g/mol. The van der Waals surface area contributed by atoms with Crippen molar-refractivity contribution in [2.75, 3.05) is 11.5 Å². The van der Waals surface area contributed by atoms with Crippen LogP contribution < -0.4 is 5.73 Å². The number of benzene rings is 2. The summed E-state index contributed by atoms with van der Waals surface area (Å²) in [7, 11) is -3.27. The van der Waals surface area contributed by atoms with Crippen molar-refractivity contribution in [1.29, 1.82) is 0 Å². The molecule has 0 aliphatic carbocycles. The zero-order valence-corrected chi connectivity index (χ0v) is 13.7. The lowest BCUT2D eigenvalue weighted by Gasteiger charge is -2.06. The maximum Gasteiger partial charge on any atom is 0.179 e. The minimum absolute atomic E-state index is 0.0743. The molecule has 0 atom stereocenters. The standard InChI is InChI=1S/C15H16ClNO2S2/c16-14-3-1-2-4-15(14)20-9-10-21(18,19)13-7-5-12(11-17)6-8-13/h1-8H,9-11,17H2. The molecule has 21 heavy (non-hydrogen) atoms. The van der Waals surface area contributed by atoms with Gasteiger partial charge in [-0.3, -0.25) is 0 Å². The Bertz CT molecular complexity index is 700. The lowest BCUT2D eigenvalue weighted by molar-refractivity contribution is 0.597. The van der Waals surface area contributed by atoms with E-state index in [2.05, 4.69) is 0 Å². The second-order valence-electron chi connectivity index (χ2n) is 4.45. The Morgan fingerprint density at radius 1 is 1.05 bits per heavy atom. The van der Waals surface area contributed by atoms with E-state index in [9.17, 15) is 8.42 Å². The molecule has 2 aromatic carbocycles. The first-order chi connectivity index (χ1) is 10.0. The SMILES string of the molecule is NCc1ccc(S(=O)(=O)CCSc2ccccc2Cl)cc1. The summed E-state index contributed by atoms with van der Waals surface area (Å²) in [6.07, 6.45) is 0. The van der Waals surface area contributed by atoms with Gasteiger partial charge in [0.25, 0.3) is 0 Å². The predicted molar refractivity (Wildman–Crippen MR) is 88.6 cm³/mol. The summed E-state index contributed by atoms with van der Waals surface area (Å²) < 4.78 is 24.5. The van der Waals surface area contributed by atoms with E-state index < -0.39 is 9.84 Å². The fourth-order valence-corrected chi connectivity index (χ4v) is 4.67. The summed E-state index contributed by atoms with van der Waals surface area (Å²) in [5.74, 6) is 0.537. The first kappa shape index (κ1) is 16.4. The van der Waals surface area contributed by atoms with Crippen molar-refractivity contribution in [2.45, 2.75) is 16.3 Å². The summed E-state index contributed by atoms with van der Waals surface area (Å²) in [6, 6.07) is 14.1. The van der Waals surface area contributed by atoms with Crippen molar-refractivity contribution in [3.8, 4) is 0 Å². The number of hydrogen-bond acceptors (Lipinski definition) is 4. The Balaban J connectivity index is 1.99.